The molecule has 0 aromatic heterocycles. The molecule has 1 unspecified atom stereocenters. The van der Waals surface area contributed by atoms with Crippen LogP contribution in [-0.2, 0) is 14.3 Å². The van der Waals surface area contributed by atoms with Crippen molar-refractivity contribution in [1.82, 2.24) is 10.6 Å². The molecule has 2 amide bonds. The first-order chi connectivity index (χ1) is 15.5. The highest BCUT2D eigenvalue weighted by Crippen LogP contribution is 2.44. The van der Waals surface area contributed by atoms with Gasteiger partial charge in [0.1, 0.15) is 12.6 Å². The van der Waals surface area contributed by atoms with Gasteiger partial charge in [-0.3, -0.25) is 9.59 Å². The minimum Gasteiger partial charge on any atom is -0.481 e. The summed E-state index contributed by atoms with van der Waals surface area (Å²) in [7, 11) is 0. The van der Waals surface area contributed by atoms with E-state index in [0.717, 1.165) is 33.8 Å². The molecule has 7 nitrogen and oxygen atoms in total. The smallest absolute Gasteiger partial charge is 0.407 e. The van der Waals surface area contributed by atoms with Crippen LogP contribution in [0.2, 0.25) is 0 Å². The number of amides is 2. The molecule has 170 valence electrons. The van der Waals surface area contributed by atoms with Crippen molar-refractivity contribution in [3.8, 4) is 11.1 Å². The van der Waals surface area contributed by atoms with Gasteiger partial charge in [-0.25, -0.2) is 4.79 Å². The lowest BCUT2D eigenvalue weighted by atomic mass is 9.98. The largest absolute Gasteiger partial charge is 0.481 e. The Labute approximate surface area is 191 Å². The number of thioether (sulfide) groups is 1. The zero-order valence-corrected chi connectivity index (χ0v) is 18.8. The van der Waals surface area contributed by atoms with E-state index < -0.39 is 24.0 Å². The van der Waals surface area contributed by atoms with Crippen molar-refractivity contribution in [1.29, 1.82) is 0 Å². The molecule has 8 heteroatoms. The zero-order valence-electron chi connectivity index (χ0n) is 18.0. The van der Waals surface area contributed by atoms with Crippen LogP contribution in [0.4, 0.5) is 4.79 Å². The molecule has 0 fully saturated rings. The summed E-state index contributed by atoms with van der Waals surface area (Å²) in [5.74, 6) is 0.162. The molecular weight excluding hydrogens is 428 g/mol. The maximum absolute atomic E-state index is 12.5. The highest BCUT2D eigenvalue weighted by atomic mass is 32.2. The molecule has 0 heterocycles. The third kappa shape index (κ3) is 6.03. The van der Waals surface area contributed by atoms with E-state index in [0.29, 0.717) is 6.54 Å². The minimum absolute atomic E-state index is 0.00766. The molecule has 1 aliphatic carbocycles. The van der Waals surface area contributed by atoms with E-state index in [1.54, 1.807) is 11.8 Å². The number of hydrogen-bond donors (Lipinski definition) is 3. The van der Waals surface area contributed by atoms with Crippen molar-refractivity contribution in [2.45, 2.75) is 31.7 Å². The summed E-state index contributed by atoms with van der Waals surface area (Å²) in [6.45, 7) is 2.61. The maximum Gasteiger partial charge on any atom is 0.407 e. The number of carboxylic acid groups (broad SMARTS) is 1. The fraction of sp³-hybridized carbons (Fsp3) is 0.375. The monoisotopic (exact) mass is 456 g/mol. The molecule has 0 saturated heterocycles. The fourth-order valence-corrected chi connectivity index (χ4v) is 4.37. The Morgan fingerprint density at radius 1 is 1.06 bits per heavy atom. The Kier molecular flexibility index (Phi) is 8.56. The molecule has 0 spiro atoms. The van der Waals surface area contributed by atoms with Gasteiger partial charge in [0.15, 0.2) is 0 Å². The van der Waals surface area contributed by atoms with Gasteiger partial charge in [0, 0.05) is 24.6 Å². The van der Waals surface area contributed by atoms with Gasteiger partial charge in [-0.15, -0.1) is 0 Å². The highest BCUT2D eigenvalue weighted by molar-refractivity contribution is 7.99. The molecular formula is C24H28N2O5S. The van der Waals surface area contributed by atoms with Gasteiger partial charge >= 0.3 is 12.1 Å². The molecule has 3 rings (SSSR count). The van der Waals surface area contributed by atoms with Crippen LogP contribution < -0.4 is 10.6 Å². The van der Waals surface area contributed by atoms with Gasteiger partial charge in [-0.2, -0.15) is 11.8 Å². The van der Waals surface area contributed by atoms with Gasteiger partial charge in [-0.1, -0.05) is 55.5 Å². The molecule has 2 aromatic carbocycles. The molecule has 1 atom stereocenters. The number of alkyl carbamates (subject to hydrolysis) is 1. The van der Waals surface area contributed by atoms with Crippen molar-refractivity contribution >= 4 is 29.7 Å². The second-order valence-corrected chi connectivity index (χ2v) is 8.84. The normalized spacial score (nSPS) is 13.0. The van der Waals surface area contributed by atoms with Crippen LogP contribution in [0.15, 0.2) is 48.5 Å². The van der Waals surface area contributed by atoms with Crippen LogP contribution in [0.25, 0.3) is 11.1 Å². The zero-order chi connectivity index (χ0) is 22.9. The predicted molar refractivity (Wildman–Crippen MR) is 125 cm³/mol. The van der Waals surface area contributed by atoms with Crippen LogP contribution in [0.5, 0.6) is 0 Å². The third-order valence-electron chi connectivity index (χ3n) is 5.35. The van der Waals surface area contributed by atoms with Gasteiger partial charge in [0.2, 0.25) is 5.91 Å². The topological polar surface area (TPSA) is 105 Å². The maximum atomic E-state index is 12.5. The highest BCUT2D eigenvalue weighted by Gasteiger charge is 2.29. The number of ether oxygens (including phenoxy) is 1. The Morgan fingerprint density at radius 2 is 1.69 bits per heavy atom. The van der Waals surface area contributed by atoms with Crippen LogP contribution in [0.3, 0.4) is 0 Å². The van der Waals surface area contributed by atoms with Crippen molar-refractivity contribution < 1.29 is 24.2 Å². The molecule has 3 N–H and O–H groups in total. The number of nitrogens with one attached hydrogen (secondary N) is 2. The Morgan fingerprint density at radius 3 is 2.28 bits per heavy atom. The van der Waals surface area contributed by atoms with E-state index in [1.807, 2.05) is 43.3 Å². The Hall–Kier alpha value is -3.00. The average Bonchev–Trinajstić information content (AvgIpc) is 3.11. The van der Waals surface area contributed by atoms with E-state index in [1.165, 1.54) is 0 Å². The summed E-state index contributed by atoms with van der Waals surface area (Å²) in [5, 5.41) is 14.3. The van der Waals surface area contributed by atoms with E-state index in [-0.39, 0.29) is 25.4 Å². The number of fused-ring (bicyclic) bond motifs is 3. The minimum atomic E-state index is -1.03. The summed E-state index contributed by atoms with van der Waals surface area (Å²) in [5.41, 5.74) is 4.44. The van der Waals surface area contributed by atoms with E-state index in [2.05, 4.69) is 22.8 Å². The number of carbonyl (C=O) groups is 3. The van der Waals surface area contributed by atoms with Crippen molar-refractivity contribution in [2.75, 3.05) is 24.7 Å². The number of hydrogen-bond acceptors (Lipinski definition) is 5. The SMILES string of the molecule is CCSCCNC(=O)C(CCC(=O)O)NC(=O)OCC1c2ccccc2-c2ccccc21. The van der Waals surface area contributed by atoms with E-state index in [4.69, 9.17) is 9.84 Å². The van der Waals surface area contributed by atoms with Crippen molar-refractivity contribution in [3.63, 3.8) is 0 Å². The number of rotatable bonds is 11. The number of carbonyl (C=O) groups excluding carboxylic acids is 2. The molecule has 0 radical (unpaired) electrons. The molecule has 0 bridgehead atoms. The van der Waals surface area contributed by atoms with Crippen LogP contribution >= 0.6 is 11.8 Å². The summed E-state index contributed by atoms with van der Waals surface area (Å²) in [4.78, 5) is 35.9. The molecule has 1 aliphatic rings. The summed E-state index contributed by atoms with van der Waals surface area (Å²) in [6, 6.07) is 15.1. The van der Waals surface area contributed by atoms with Crippen LogP contribution in [-0.4, -0.2) is 53.8 Å². The quantitative estimate of drug-likeness (QED) is 0.446. The standard InChI is InChI=1S/C24H28N2O5S/c1-2-32-14-13-25-23(29)21(11-12-22(27)28)26-24(30)31-15-20-18-9-5-3-7-16(18)17-8-4-6-10-19(17)20/h3-10,20-21H,2,11-15H2,1H3,(H,25,29)(H,26,30)(H,27,28). The molecule has 2 aromatic rings. The number of carboxylic acids is 1. The van der Waals surface area contributed by atoms with Crippen LogP contribution in [0, 0.1) is 0 Å². The second kappa shape index (κ2) is 11.6. The molecule has 32 heavy (non-hydrogen) atoms. The van der Waals surface area contributed by atoms with Crippen molar-refractivity contribution in [2.24, 2.45) is 0 Å². The first kappa shape index (κ1) is 23.7. The average molecular weight is 457 g/mol. The third-order valence-corrected chi connectivity index (χ3v) is 6.25. The van der Waals surface area contributed by atoms with E-state index in [9.17, 15) is 14.4 Å². The van der Waals surface area contributed by atoms with Gasteiger partial charge in [-0.05, 0) is 34.4 Å². The number of benzene rings is 2. The molecule has 0 saturated carbocycles. The summed E-state index contributed by atoms with van der Waals surface area (Å²) in [6.07, 6.45) is -0.974. The summed E-state index contributed by atoms with van der Waals surface area (Å²) >= 11 is 1.68. The predicted octanol–water partition coefficient (Wildman–Crippen LogP) is 3.63. The number of aliphatic carboxylic acids is 1. The van der Waals surface area contributed by atoms with Gasteiger partial charge in [0.05, 0.1) is 0 Å². The summed E-state index contributed by atoms with van der Waals surface area (Å²) < 4.78 is 5.49. The van der Waals surface area contributed by atoms with Gasteiger partial charge in [0.25, 0.3) is 0 Å². The first-order valence-electron chi connectivity index (χ1n) is 10.7. The van der Waals surface area contributed by atoms with E-state index >= 15 is 0 Å². The van der Waals surface area contributed by atoms with Gasteiger partial charge < -0.3 is 20.5 Å². The lowest BCUT2D eigenvalue weighted by molar-refractivity contribution is -0.137. The van der Waals surface area contributed by atoms with Crippen molar-refractivity contribution in [3.05, 3.63) is 59.7 Å². The molecule has 0 aliphatic heterocycles. The Bertz CT molecular complexity index is 919. The fourth-order valence-electron chi connectivity index (χ4n) is 3.83. The lowest BCUT2D eigenvalue weighted by Crippen LogP contribution is -2.47. The second-order valence-electron chi connectivity index (χ2n) is 7.44. The van der Waals surface area contributed by atoms with Crippen LogP contribution in [0.1, 0.15) is 36.8 Å². The first-order valence-corrected chi connectivity index (χ1v) is 11.9. The Balaban J connectivity index is 1.61. The lowest BCUT2D eigenvalue weighted by Gasteiger charge is -2.19.